The Balaban J connectivity index is 1.53. The van der Waals surface area contributed by atoms with Crippen molar-refractivity contribution in [1.82, 2.24) is 5.32 Å². The summed E-state index contributed by atoms with van der Waals surface area (Å²) in [6.07, 6.45) is 0. The number of hydrogen-bond acceptors (Lipinski definition) is 4. The molecule has 0 unspecified atom stereocenters. The summed E-state index contributed by atoms with van der Waals surface area (Å²) in [5.41, 5.74) is 4.32. The summed E-state index contributed by atoms with van der Waals surface area (Å²) in [5.74, 6) is 0.453. The molecule has 0 spiro atoms. The molecule has 2 atom stereocenters. The minimum atomic E-state index is -0.180. The fourth-order valence-electron chi connectivity index (χ4n) is 4.20. The fraction of sp³-hybridized carbons (Fsp3) is 0.269. The van der Waals surface area contributed by atoms with E-state index in [1.165, 1.54) is 0 Å². The van der Waals surface area contributed by atoms with Crippen LogP contribution in [0.15, 0.2) is 66.7 Å². The molecule has 1 aliphatic heterocycles. The number of amides is 1. The quantitative estimate of drug-likeness (QED) is 0.543. The minimum absolute atomic E-state index is 0.180. The maximum absolute atomic E-state index is 13.0. The average Bonchev–Trinajstić information content (AvgIpc) is 2.78. The molecular weight excluding hydrogens is 422 g/mol. The number of carbonyl (C=O) groups is 1. The van der Waals surface area contributed by atoms with Crippen LogP contribution in [0, 0.1) is 0 Å². The van der Waals surface area contributed by atoms with Crippen molar-refractivity contribution < 1.29 is 9.53 Å². The lowest BCUT2D eigenvalue weighted by atomic mass is 10.0. The Labute approximate surface area is 194 Å². The molecule has 4 rings (SSSR count). The van der Waals surface area contributed by atoms with Crippen LogP contribution in [0.1, 0.15) is 24.2 Å². The third-order valence-corrected chi connectivity index (χ3v) is 5.89. The van der Waals surface area contributed by atoms with E-state index in [1.807, 2.05) is 66.7 Å². The highest BCUT2D eigenvalue weighted by atomic mass is 35.5. The number of piperazine rings is 1. The van der Waals surface area contributed by atoms with Gasteiger partial charge in [0.15, 0.2) is 0 Å². The van der Waals surface area contributed by atoms with Crippen LogP contribution in [-0.4, -0.2) is 38.2 Å². The van der Waals surface area contributed by atoms with Gasteiger partial charge in [-0.3, -0.25) is 4.79 Å². The van der Waals surface area contributed by atoms with Crippen LogP contribution < -0.4 is 20.3 Å². The number of ether oxygens (including phenoxy) is 1. The number of benzene rings is 3. The molecule has 1 aliphatic rings. The fourth-order valence-corrected chi connectivity index (χ4v) is 4.39. The molecule has 0 aliphatic carbocycles. The van der Waals surface area contributed by atoms with Crippen LogP contribution >= 0.6 is 11.6 Å². The van der Waals surface area contributed by atoms with Crippen LogP contribution in [0.4, 0.5) is 11.4 Å². The van der Waals surface area contributed by atoms with Crippen LogP contribution in [0.5, 0.6) is 5.75 Å². The summed E-state index contributed by atoms with van der Waals surface area (Å²) in [6.45, 7) is 6.19. The van der Waals surface area contributed by atoms with Gasteiger partial charge in [0.05, 0.1) is 12.8 Å². The Kier molecular flexibility index (Phi) is 6.68. The summed E-state index contributed by atoms with van der Waals surface area (Å²) >= 11 is 6.10. The van der Waals surface area contributed by atoms with Gasteiger partial charge < -0.3 is 20.3 Å². The van der Waals surface area contributed by atoms with Crippen LogP contribution in [0.25, 0.3) is 11.1 Å². The smallest absolute Gasteiger partial charge is 0.255 e. The van der Waals surface area contributed by atoms with Gasteiger partial charge >= 0.3 is 0 Å². The number of methoxy groups -OCH3 is 1. The highest BCUT2D eigenvalue weighted by Gasteiger charge is 2.22. The largest absolute Gasteiger partial charge is 0.495 e. The number of nitrogens with zero attached hydrogens (tertiary/aromatic N) is 1. The molecule has 1 heterocycles. The number of hydrogen-bond donors (Lipinski definition) is 2. The zero-order valence-corrected chi connectivity index (χ0v) is 19.3. The maximum atomic E-state index is 13.0. The molecule has 3 aromatic carbocycles. The zero-order valence-electron chi connectivity index (χ0n) is 18.6. The van der Waals surface area contributed by atoms with Crippen molar-refractivity contribution in [3.05, 3.63) is 77.3 Å². The van der Waals surface area contributed by atoms with Gasteiger partial charge in [0, 0.05) is 41.4 Å². The molecule has 0 bridgehead atoms. The van der Waals surface area contributed by atoms with Crippen molar-refractivity contribution in [3.8, 4) is 16.9 Å². The summed E-state index contributed by atoms with van der Waals surface area (Å²) in [5, 5.41) is 7.25. The normalized spacial score (nSPS) is 18.3. The molecule has 1 fully saturated rings. The summed E-state index contributed by atoms with van der Waals surface area (Å²) in [4.78, 5) is 15.3. The molecule has 6 heteroatoms. The van der Waals surface area contributed by atoms with E-state index in [-0.39, 0.29) is 5.91 Å². The van der Waals surface area contributed by atoms with Crippen molar-refractivity contribution in [3.63, 3.8) is 0 Å². The first kappa shape index (κ1) is 22.2. The second kappa shape index (κ2) is 9.63. The summed E-state index contributed by atoms with van der Waals surface area (Å²) in [6, 6.07) is 21.9. The Morgan fingerprint density at radius 2 is 1.72 bits per heavy atom. The predicted molar refractivity (Wildman–Crippen MR) is 132 cm³/mol. The van der Waals surface area contributed by atoms with Crippen LogP contribution in [0.3, 0.4) is 0 Å². The Morgan fingerprint density at radius 1 is 1.00 bits per heavy atom. The second-order valence-electron chi connectivity index (χ2n) is 8.30. The van der Waals surface area contributed by atoms with E-state index >= 15 is 0 Å². The molecule has 166 valence electrons. The van der Waals surface area contributed by atoms with Gasteiger partial charge in [-0.1, -0.05) is 35.9 Å². The van der Waals surface area contributed by atoms with Crippen molar-refractivity contribution in [1.29, 1.82) is 0 Å². The van der Waals surface area contributed by atoms with Crippen molar-refractivity contribution in [2.24, 2.45) is 0 Å². The van der Waals surface area contributed by atoms with Crippen LogP contribution in [-0.2, 0) is 0 Å². The van der Waals surface area contributed by atoms with Gasteiger partial charge in [0.2, 0.25) is 0 Å². The first-order valence-corrected chi connectivity index (χ1v) is 11.2. The van der Waals surface area contributed by atoms with Crippen LogP contribution in [0.2, 0.25) is 5.02 Å². The molecule has 3 aromatic rings. The molecule has 2 N–H and O–H groups in total. The lowest BCUT2D eigenvalue weighted by molar-refractivity contribution is 0.102. The van der Waals surface area contributed by atoms with E-state index in [4.69, 9.17) is 16.3 Å². The van der Waals surface area contributed by atoms with E-state index in [9.17, 15) is 4.79 Å². The maximum Gasteiger partial charge on any atom is 0.255 e. The molecule has 32 heavy (non-hydrogen) atoms. The standard InChI is InChI=1S/C26H28ClN3O2/c1-17-15-30(16-18(2)28-17)23-11-12-25(32-3)24(14-23)29-26(31)20-9-7-19(8-10-20)21-5-4-6-22(27)13-21/h4-14,17-18,28H,15-16H2,1-3H3,(H,29,31)/t17-,18+. The average molecular weight is 450 g/mol. The Morgan fingerprint density at radius 3 is 2.38 bits per heavy atom. The topological polar surface area (TPSA) is 53.6 Å². The lowest BCUT2D eigenvalue weighted by Gasteiger charge is -2.38. The molecule has 1 saturated heterocycles. The number of nitrogens with one attached hydrogen (secondary N) is 2. The van der Waals surface area contributed by atoms with Crippen molar-refractivity contribution >= 4 is 28.9 Å². The Bertz CT molecular complexity index is 1090. The highest BCUT2D eigenvalue weighted by molar-refractivity contribution is 6.30. The van der Waals surface area contributed by atoms with E-state index in [0.29, 0.717) is 34.1 Å². The zero-order chi connectivity index (χ0) is 22.7. The van der Waals surface area contributed by atoms with E-state index in [0.717, 1.165) is 29.9 Å². The van der Waals surface area contributed by atoms with E-state index < -0.39 is 0 Å². The first-order valence-electron chi connectivity index (χ1n) is 10.8. The van der Waals surface area contributed by atoms with E-state index in [2.05, 4.69) is 29.4 Å². The van der Waals surface area contributed by atoms with Gasteiger partial charge in [-0.25, -0.2) is 0 Å². The van der Waals surface area contributed by atoms with Gasteiger partial charge in [-0.2, -0.15) is 0 Å². The first-order chi connectivity index (χ1) is 15.4. The number of rotatable bonds is 5. The second-order valence-corrected chi connectivity index (χ2v) is 8.74. The van der Waals surface area contributed by atoms with E-state index in [1.54, 1.807) is 7.11 Å². The number of carbonyl (C=O) groups excluding carboxylic acids is 1. The molecule has 5 nitrogen and oxygen atoms in total. The molecule has 1 amide bonds. The summed E-state index contributed by atoms with van der Waals surface area (Å²) < 4.78 is 5.50. The third kappa shape index (κ3) is 5.06. The Hall–Kier alpha value is -3.02. The predicted octanol–water partition coefficient (Wildman–Crippen LogP) is 5.45. The summed E-state index contributed by atoms with van der Waals surface area (Å²) in [7, 11) is 1.61. The number of halogens is 1. The third-order valence-electron chi connectivity index (χ3n) is 5.66. The minimum Gasteiger partial charge on any atom is -0.495 e. The SMILES string of the molecule is COc1ccc(N2C[C@@H](C)N[C@@H](C)C2)cc1NC(=O)c1ccc(-c2cccc(Cl)c2)cc1. The van der Waals surface area contributed by atoms with Gasteiger partial charge in [-0.05, 0) is 67.4 Å². The van der Waals surface area contributed by atoms with Crippen molar-refractivity contribution in [2.75, 3.05) is 30.4 Å². The molecule has 0 radical (unpaired) electrons. The molecular formula is C26H28ClN3O2. The monoisotopic (exact) mass is 449 g/mol. The molecule has 0 saturated carbocycles. The molecule has 0 aromatic heterocycles. The lowest BCUT2D eigenvalue weighted by Crippen LogP contribution is -2.54. The van der Waals surface area contributed by atoms with Crippen molar-refractivity contribution in [2.45, 2.75) is 25.9 Å². The highest BCUT2D eigenvalue weighted by Crippen LogP contribution is 2.31. The van der Waals surface area contributed by atoms with Gasteiger partial charge in [0.1, 0.15) is 5.75 Å². The number of anilines is 2. The van der Waals surface area contributed by atoms with Gasteiger partial charge in [-0.15, -0.1) is 0 Å². The van der Waals surface area contributed by atoms with Gasteiger partial charge in [0.25, 0.3) is 5.91 Å².